The second-order valence-electron chi connectivity index (χ2n) is 1.77. The maximum Gasteiger partial charge on any atom is 0.388 e. The normalized spacial score (nSPS) is 9.45. The first kappa shape index (κ1) is 10.2. The molecule has 3 nitrogen and oxygen atoms in total. The minimum Gasteiger partial charge on any atom is -0.415 e. The van der Waals surface area contributed by atoms with Crippen molar-refractivity contribution in [3.05, 3.63) is 11.8 Å². The Morgan fingerprint density at radius 2 is 2.27 bits per heavy atom. The average Bonchev–Trinajstić information content (AvgIpc) is 2.13. The molecular formula is C5H7ClF2N2O. The Kier molecular flexibility index (Phi) is 3.81. The van der Waals surface area contributed by atoms with Crippen LogP contribution in [0.2, 0.25) is 0 Å². The number of halogens is 3. The summed E-state index contributed by atoms with van der Waals surface area (Å²) in [6.45, 7) is -1.10. The zero-order valence-corrected chi connectivity index (χ0v) is 6.49. The molecule has 1 N–H and O–H groups in total. The SMILES string of the molecule is Cc1cc(OC(F)F)n[nH]1.Cl. The largest absolute Gasteiger partial charge is 0.415 e. The van der Waals surface area contributed by atoms with E-state index in [-0.39, 0.29) is 18.3 Å². The number of ether oxygens (including phenoxy) is 1. The topological polar surface area (TPSA) is 37.9 Å². The van der Waals surface area contributed by atoms with E-state index in [4.69, 9.17) is 0 Å². The minimum atomic E-state index is -2.80. The highest BCUT2D eigenvalue weighted by molar-refractivity contribution is 5.85. The third kappa shape index (κ3) is 3.18. The highest BCUT2D eigenvalue weighted by atomic mass is 35.5. The molecule has 0 spiro atoms. The summed E-state index contributed by atoms with van der Waals surface area (Å²) in [6, 6.07) is 1.40. The summed E-state index contributed by atoms with van der Waals surface area (Å²) in [5, 5.41) is 5.89. The standard InChI is InChI=1S/C5H6F2N2O.ClH/c1-3-2-4(9-8-3)10-5(6)7;/h2,5H,1H3,(H,8,9);1H. The smallest absolute Gasteiger partial charge is 0.388 e. The summed E-state index contributed by atoms with van der Waals surface area (Å²) in [5.41, 5.74) is 0.690. The molecule has 0 amide bonds. The molecule has 0 aliphatic heterocycles. The Morgan fingerprint density at radius 3 is 2.64 bits per heavy atom. The Labute approximate surface area is 68.2 Å². The van der Waals surface area contributed by atoms with Crippen molar-refractivity contribution in [1.29, 1.82) is 0 Å². The monoisotopic (exact) mass is 184 g/mol. The first-order valence-electron chi connectivity index (χ1n) is 2.65. The molecule has 64 valence electrons. The molecule has 11 heavy (non-hydrogen) atoms. The van der Waals surface area contributed by atoms with Gasteiger partial charge in [0, 0.05) is 11.8 Å². The third-order valence-electron chi connectivity index (χ3n) is 0.892. The molecule has 0 aliphatic rings. The lowest BCUT2D eigenvalue weighted by molar-refractivity contribution is -0.0528. The second kappa shape index (κ2) is 4.12. The van der Waals surface area contributed by atoms with E-state index in [1.54, 1.807) is 6.92 Å². The van der Waals surface area contributed by atoms with Gasteiger partial charge in [-0.3, -0.25) is 5.10 Å². The van der Waals surface area contributed by atoms with Gasteiger partial charge in [-0.1, -0.05) is 0 Å². The van der Waals surface area contributed by atoms with Gasteiger partial charge in [0.25, 0.3) is 0 Å². The van der Waals surface area contributed by atoms with Gasteiger partial charge in [-0.15, -0.1) is 17.5 Å². The van der Waals surface area contributed by atoms with Crippen LogP contribution in [0.25, 0.3) is 0 Å². The van der Waals surface area contributed by atoms with E-state index in [9.17, 15) is 8.78 Å². The minimum absolute atomic E-state index is 0. The molecular weight excluding hydrogens is 178 g/mol. The molecule has 6 heteroatoms. The van der Waals surface area contributed by atoms with Gasteiger partial charge in [0.2, 0.25) is 5.88 Å². The number of nitrogens with one attached hydrogen (secondary N) is 1. The number of H-pyrrole nitrogens is 1. The van der Waals surface area contributed by atoms with Crippen LogP contribution >= 0.6 is 12.4 Å². The van der Waals surface area contributed by atoms with Crippen LogP contribution in [0.4, 0.5) is 8.78 Å². The van der Waals surface area contributed by atoms with Gasteiger partial charge >= 0.3 is 6.61 Å². The van der Waals surface area contributed by atoms with Crippen LogP contribution in [0.15, 0.2) is 6.07 Å². The van der Waals surface area contributed by atoms with Gasteiger partial charge in [-0.2, -0.15) is 8.78 Å². The predicted molar refractivity (Wildman–Crippen MR) is 37.2 cm³/mol. The zero-order valence-electron chi connectivity index (χ0n) is 5.67. The number of aromatic amines is 1. The summed E-state index contributed by atoms with van der Waals surface area (Å²) >= 11 is 0. The summed E-state index contributed by atoms with van der Waals surface area (Å²) in [6.07, 6.45) is 0. The molecule has 0 saturated carbocycles. The molecule has 0 aliphatic carbocycles. The molecule has 1 aromatic heterocycles. The zero-order chi connectivity index (χ0) is 7.56. The van der Waals surface area contributed by atoms with Crippen molar-refractivity contribution in [2.45, 2.75) is 13.5 Å². The van der Waals surface area contributed by atoms with Crippen LogP contribution in [0.1, 0.15) is 5.69 Å². The van der Waals surface area contributed by atoms with Crippen molar-refractivity contribution in [3.8, 4) is 5.88 Å². The van der Waals surface area contributed by atoms with E-state index in [0.29, 0.717) is 5.69 Å². The second-order valence-corrected chi connectivity index (χ2v) is 1.77. The summed E-state index contributed by atoms with van der Waals surface area (Å²) < 4.78 is 26.9. The molecule has 0 unspecified atom stereocenters. The Morgan fingerprint density at radius 1 is 1.64 bits per heavy atom. The third-order valence-corrected chi connectivity index (χ3v) is 0.892. The number of rotatable bonds is 2. The lowest BCUT2D eigenvalue weighted by atomic mass is 10.5. The van der Waals surface area contributed by atoms with Gasteiger partial charge in [0.15, 0.2) is 0 Å². The summed E-state index contributed by atoms with van der Waals surface area (Å²) in [4.78, 5) is 0. The van der Waals surface area contributed by atoms with Crippen molar-refractivity contribution in [2.75, 3.05) is 0 Å². The van der Waals surface area contributed by atoms with E-state index in [2.05, 4.69) is 14.9 Å². The van der Waals surface area contributed by atoms with Crippen LogP contribution in [-0.4, -0.2) is 16.8 Å². The molecule has 0 fully saturated rings. The first-order chi connectivity index (χ1) is 4.68. The molecule has 0 aromatic carbocycles. The van der Waals surface area contributed by atoms with E-state index < -0.39 is 6.61 Å². The van der Waals surface area contributed by atoms with Gasteiger partial charge in [0.05, 0.1) is 0 Å². The Bertz CT molecular complexity index is 216. The quantitative estimate of drug-likeness (QED) is 0.760. The van der Waals surface area contributed by atoms with E-state index in [0.717, 1.165) is 0 Å². The van der Waals surface area contributed by atoms with Crippen molar-refractivity contribution in [2.24, 2.45) is 0 Å². The number of aryl methyl sites for hydroxylation is 1. The van der Waals surface area contributed by atoms with Crippen molar-refractivity contribution < 1.29 is 13.5 Å². The number of alkyl halides is 2. The van der Waals surface area contributed by atoms with Crippen LogP contribution in [0.3, 0.4) is 0 Å². The number of hydrogen-bond donors (Lipinski definition) is 1. The van der Waals surface area contributed by atoms with Crippen LogP contribution in [0, 0.1) is 6.92 Å². The summed E-state index contributed by atoms with van der Waals surface area (Å²) in [5.74, 6) is -0.0764. The van der Waals surface area contributed by atoms with E-state index in [1.165, 1.54) is 6.07 Å². The van der Waals surface area contributed by atoms with Crippen molar-refractivity contribution >= 4 is 12.4 Å². The van der Waals surface area contributed by atoms with Gasteiger partial charge in [-0.25, -0.2) is 0 Å². The highest BCUT2D eigenvalue weighted by Crippen LogP contribution is 2.09. The Hall–Kier alpha value is -0.840. The lowest BCUT2D eigenvalue weighted by Crippen LogP contribution is -2.01. The van der Waals surface area contributed by atoms with Gasteiger partial charge in [0.1, 0.15) is 0 Å². The Balaban J connectivity index is 0.000001000. The fourth-order valence-corrected chi connectivity index (χ4v) is 0.545. The van der Waals surface area contributed by atoms with E-state index >= 15 is 0 Å². The number of aromatic nitrogens is 2. The fraction of sp³-hybridized carbons (Fsp3) is 0.400. The molecule has 1 rings (SSSR count). The lowest BCUT2D eigenvalue weighted by Gasteiger charge is -1.96. The van der Waals surface area contributed by atoms with Gasteiger partial charge in [-0.05, 0) is 6.92 Å². The number of nitrogens with zero attached hydrogens (tertiary/aromatic N) is 1. The van der Waals surface area contributed by atoms with Crippen LogP contribution < -0.4 is 4.74 Å². The molecule has 0 atom stereocenters. The molecule has 0 bridgehead atoms. The molecule has 0 radical (unpaired) electrons. The van der Waals surface area contributed by atoms with Gasteiger partial charge < -0.3 is 4.74 Å². The molecule has 1 aromatic rings. The number of hydrogen-bond acceptors (Lipinski definition) is 2. The molecule has 0 saturated heterocycles. The molecule has 1 heterocycles. The first-order valence-corrected chi connectivity index (χ1v) is 2.65. The maximum absolute atomic E-state index is 11.5. The fourth-order valence-electron chi connectivity index (χ4n) is 0.545. The van der Waals surface area contributed by atoms with Crippen LogP contribution in [0.5, 0.6) is 5.88 Å². The average molecular weight is 185 g/mol. The van der Waals surface area contributed by atoms with Crippen LogP contribution in [-0.2, 0) is 0 Å². The van der Waals surface area contributed by atoms with E-state index in [1.807, 2.05) is 0 Å². The van der Waals surface area contributed by atoms with Crippen molar-refractivity contribution in [3.63, 3.8) is 0 Å². The summed E-state index contributed by atoms with van der Waals surface area (Å²) in [7, 11) is 0. The predicted octanol–water partition coefficient (Wildman–Crippen LogP) is 1.74. The maximum atomic E-state index is 11.5. The highest BCUT2D eigenvalue weighted by Gasteiger charge is 2.05. The van der Waals surface area contributed by atoms with Crippen molar-refractivity contribution in [1.82, 2.24) is 10.2 Å².